The lowest BCUT2D eigenvalue weighted by Gasteiger charge is -2.36. The number of methoxy groups -OCH3 is 1. The summed E-state index contributed by atoms with van der Waals surface area (Å²) in [5, 5.41) is 32.4. The maximum absolute atomic E-state index is 11.5. The molecule has 1 aliphatic rings. The van der Waals surface area contributed by atoms with Gasteiger partial charge in [0.1, 0.15) is 5.70 Å². The molecule has 0 spiro atoms. The van der Waals surface area contributed by atoms with Gasteiger partial charge in [-0.25, -0.2) is 14.3 Å². The molecule has 0 radical (unpaired) electrons. The Morgan fingerprint density at radius 3 is 2.79 bits per heavy atom. The molecule has 13 heteroatoms. The predicted octanol–water partition coefficient (Wildman–Crippen LogP) is -2.03. The van der Waals surface area contributed by atoms with Gasteiger partial charge in [0, 0.05) is 19.9 Å². The van der Waals surface area contributed by atoms with E-state index in [1.807, 2.05) is 0 Å². The lowest BCUT2D eigenvalue weighted by molar-refractivity contribution is -0.187. The predicted molar refractivity (Wildman–Crippen MR) is 78.6 cm³/mol. The van der Waals surface area contributed by atoms with Crippen LogP contribution in [0.1, 0.15) is 0 Å². The smallest absolute Gasteiger partial charge is 0.356 e. The fourth-order valence-electron chi connectivity index (χ4n) is 1.89. The minimum absolute atomic E-state index is 0.132. The van der Waals surface area contributed by atoms with Gasteiger partial charge in [-0.1, -0.05) is 11.8 Å². The Morgan fingerprint density at radius 1 is 1.58 bits per heavy atom. The number of nitrogens with two attached hydrogens (primary N) is 1. The van der Waals surface area contributed by atoms with Crippen LogP contribution >= 0.6 is 11.8 Å². The number of hydrogen-bond donors (Lipinski definition) is 4. The van der Waals surface area contributed by atoms with Crippen LogP contribution in [-0.2, 0) is 26.1 Å². The summed E-state index contributed by atoms with van der Waals surface area (Å²) >= 11 is 1.21. The van der Waals surface area contributed by atoms with Crippen LogP contribution in [0.4, 0.5) is 0 Å². The summed E-state index contributed by atoms with van der Waals surface area (Å²) in [6.45, 7) is -0.132. The fraction of sp³-hybridized carbons (Fsp3) is 0.545. The van der Waals surface area contributed by atoms with E-state index in [2.05, 4.69) is 20.8 Å². The third-order valence-electron chi connectivity index (χ3n) is 3.29. The molecule has 0 bridgehead atoms. The Kier molecular flexibility index (Phi) is 5.38. The van der Waals surface area contributed by atoms with Crippen molar-refractivity contribution in [1.29, 1.82) is 0 Å². The molecule has 24 heavy (non-hydrogen) atoms. The van der Waals surface area contributed by atoms with Crippen LogP contribution in [0.5, 0.6) is 0 Å². The molecular weight excluding hydrogens is 344 g/mol. The van der Waals surface area contributed by atoms with E-state index in [1.54, 1.807) is 7.05 Å². The Hall–Kier alpha value is -2.22. The van der Waals surface area contributed by atoms with Crippen molar-refractivity contribution in [2.75, 3.05) is 19.5 Å². The second kappa shape index (κ2) is 7.12. The van der Waals surface area contributed by atoms with Gasteiger partial charge in [-0.05, 0) is 16.0 Å². The summed E-state index contributed by atoms with van der Waals surface area (Å²) in [6, 6.07) is 0. The third-order valence-corrected chi connectivity index (χ3v) is 4.38. The largest absolute Gasteiger partial charge is 0.478 e. The summed E-state index contributed by atoms with van der Waals surface area (Å²) in [6.07, 6.45) is -1.36. The number of thioether (sulfide) groups is 1. The van der Waals surface area contributed by atoms with E-state index in [0.29, 0.717) is 10.7 Å². The Balaban J connectivity index is 2.18. The summed E-state index contributed by atoms with van der Waals surface area (Å²) in [5.74, 6) is -2.53. The maximum Gasteiger partial charge on any atom is 0.356 e. The van der Waals surface area contributed by atoms with E-state index in [-0.39, 0.29) is 18.1 Å². The fourth-order valence-corrected chi connectivity index (χ4v) is 2.74. The standard InChI is InChI=1S/C11H16N6O6S/c1-17-10(14-15-16-17)24-4-5-3-23-8(13-6(5)7(18)19)11(12,22-2)9(20)21/h8,13H,3-4,12H2,1-2H3,(H,18,19)(H,20,21)/t8-,11-/m1/s1. The first-order chi connectivity index (χ1) is 11.3. The summed E-state index contributed by atoms with van der Waals surface area (Å²) in [4.78, 5) is 22.7. The van der Waals surface area contributed by atoms with Crippen LogP contribution in [0.25, 0.3) is 0 Å². The lowest BCUT2D eigenvalue weighted by atomic mass is 10.1. The molecule has 0 fully saturated rings. The van der Waals surface area contributed by atoms with E-state index in [4.69, 9.17) is 15.2 Å². The minimum Gasteiger partial charge on any atom is -0.478 e. The number of aliphatic carboxylic acids is 2. The van der Waals surface area contributed by atoms with E-state index < -0.39 is 23.9 Å². The van der Waals surface area contributed by atoms with Gasteiger partial charge in [-0.2, -0.15) is 0 Å². The number of nitrogens with one attached hydrogen (secondary N) is 1. The number of nitrogens with zero attached hydrogens (tertiary/aromatic N) is 4. The number of aromatic nitrogens is 4. The monoisotopic (exact) mass is 360 g/mol. The molecule has 2 rings (SSSR count). The van der Waals surface area contributed by atoms with Crippen molar-refractivity contribution in [3.8, 4) is 0 Å². The maximum atomic E-state index is 11.5. The lowest BCUT2D eigenvalue weighted by Crippen LogP contribution is -2.66. The van der Waals surface area contributed by atoms with Gasteiger partial charge < -0.3 is 25.0 Å². The highest BCUT2D eigenvalue weighted by Crippen LogP contribution is 2.24. The number of rotatable bonds is 7. The number of tetrazole rings is 1. The summed E-state index contributed by atoms with van der Waals surface area (Å²) in [7, 11) is 2.74. The van der Waals surface area contributed by atoms with Crippen molar-refractivity contribution < 1.29 is 29.3 Å². The molecule has 2 atom stereocenters. The van der Waals surface area contributed by atoms with Gasteiger partial charge in [-0.15, -0.1) is 5.10 Å². The summed E-state index contributed by atoms with van der Waals surface area (Å²) in [5.41, 5.74) is 3.61. The van der Waals surface area contributed by atoms with Gasteiger partial charge in [-0.3, -0.25) is 5.73 Å². The summed E-state index contributed by atoms with van der Waals surface area (Å²) < 4.78 is 11.6. The normalized spacial score (nSPS) is 20.4. The number of carboxylic acid groups (broad SMARTS) is 2. The molecule has 0 aliphatic carbocycles. The second-order valence-electron chi connectivity index (χ2n) is 4.80. The number of carbonyl (C=O) groups is 2. The Morgan fingerprint density at radius 2 is 2.29 bits per heavy atom. The first-order valence-corrected chi connectivity index (χ1v) is 7.54. The average Bonchev–Trinajstić information content (AvgIpc) is 2.96. The van der Waals surface area contributed by atoms with Crippen molar-refractivity contribution >= 4 is 23.7 Å². The van der Waals surface area contributed by atoms with Crippen LogP contribution in [0.2, 0.25) is 0 Å². The number of aryl methyl sites for hydroxylation is 1. The quantitative estimate of drug-likeness (QED) is 0.310. The average molecular weight is 360 g/mol. The van der Waals surface area contributed by atoms with E-state index in [0.717, 1.165) is 7.11 Å². The minimum atomic E-state index is -2.23. The topological polar surface area (TPSA) is 175 Å². The van der Waals surface area contributed by atoms with Crippen LogP contribution in [-0.4, -0.2) is 73.8 Å². The van der Waals surface area contributed by atoms with Gasteiger partial charge in [0.25, 0.3) is 5.72 Å². The van der Waals surface area contributed by atoms with Gasteiger partial charge >= 0.3 is 11.9 Å². The molecule has 0 amide bonds. The van der Waals surface area contributed by atoms with E-state index in [9.17, 15) is 19.8 Å². The third kappa shape index (κ3) is 3.48. The number of ether oxygens (including phenoxy) is 2. The molecule has 1 aromatic heterocycles. The van der Waals surface area contributed by atoms with Crippen molar-refractivity contribution in [3.63, 3.8) is 0 Å². The van der Waals surface area contributed by atoms with E-state index >= 15 is 0 Å². The number of carboxylic acids is 2. The molecule has 2 heterocycles. The molecule has 1 aromatic rings. The van der Waals surface area contributed by atoms with Gasteiger partial charge in [0.05, 0.1) is 6.61 Å². The molecule has 5 N–H and O–H groups in total. The first-order valence-electron chi connectivity index (χ1n) is 6.55. The van der Waals surface area contributed by atoms with Crippen molar-refractivity contribution in [1.82, 2.24) is 25.5 Å². The Labute approximate surface area is 140 Å². The second-order valence-corrected chi connectivity index (χ2v) is 5.74. The zero-order valence-corrected chi connectivity index (χ0v) is 13.6. The Bertz CT molecular complexity index is 678. The molecule has 12 nitrogen and oxygen atoms in total. The highest BCUT2D eigenvalue weighted by Gasteiger charge is 2.47. The first kappa shape index (κ1) is 18.1. The van der Waals surface area contributed by atoms with Crippen molar-refractivity contribution in [3.05, 3.63) is 11.3 Å². The molecule has 0 saturated carbocycles. The molecule has 0 aromatic carbocycles. The van der Waals surface area contributed by atoms with Gasteiger partial charge in [0.15, 0.2) is 6.23 Å². The van der Waals surface area contributed by atoms with Crippen LogP contribution < -0.4 is 11.1 Å². The SMILES string of the molecule is CO[C@@](N)(C(=O)O)[C@@H]1NC(C(=O)O)=C(CSc2nnnn2C)CO1. The van der Waals surface area contributed by atoms with E-state index in [1.165, 1.54) is 16.4 Å². The zero-order valence-electron chi connectivity index (χ0n) is 12.8. The number of hydrogen-bond acceptors (Lipinski definition) is 10. The molecule has 1 aliphatic heterocycles. The highest BCUT2D eigenvalue weighted by molar-refractivity contribution is 7.99. The molecule has 132 valence electrons. The zero-order chi connectivity index (χ0) is 17.9. The van der Waals surface area contributed by atoms with Crippen LogP contribution in [0.15, 0.2) is 16.4 Å². The molecular formula is C11H16N6O6S. The van der Waals surface area contributed by atoms with Crippen LogP contribution in [0.3, 0.4) is 0 Å². The van der Waals surface area contributed by atoms with Crippen molar-refractivity contribution in [2.24, 2.45) is 12.8 Å². The van der Waals surface area contributed by atoms with Crippen molar-refractivity contribution in [2.45, 2.75) is 17.1 Å². The van der Waals surface area contributed by atoms with Crippen LogP contribution in [0, 0.1) is 0 Å². The molecule has 0 saturated heterocycles. The highest BCUT2D eigenvalue weighted by atomic mass is 32.2. The molecule has 0 unspecified atom stereocenters. The van der Waals surface area contributed by atoms with Gasteiger partial charge in [0.2, 0.25) is 5.16 Å².